The van der Waals surface area contributed by atoms with Gasteiger partial charge in [0.05, 0.1) is 5.39 Å². The number of unbranched alkanes of at least 4 members (excludes halogenated alkanes) is 4. The summed E-state index contributed by atoms with van der Waals surface area (Å²) >= 11 is 0. The zero-order valence-corrected chi connectivity index (χ0v) is 21.8. The summed E-state index contributed by atoms with van der Waals surface area (Å²) in [6.07, 6.45) is 7.00. The molecule has 2 heterocycles. The lowest BCUT2D eigenvalue weighted by molar-refractivity contribution is -0.120. The van der Waals surface area contributed by atoms with Gasteiger partial charge in [-0.05, 0) is 49.6 Å². The highest BCUT2D eigenvalue weighted by atomic mass is 16.2. The molecule has 38 heavy (non-hydrogen) atoms. The minimum atomic E-state index is -0.315. The van der Waals surface area contributed by atoms with Crippen LogP contribution in [0.1, 0.15) is 44.1 Å². The van der Waals surface area contributed by atoms with Gasteiger partial charge in [0.15, 0.2) is 5.65 Å². The Morgan fingerprint density at radius 3 is 2.42 bits per heavy atom. The predicted octanol–water partition coefficient (Wildman–Crippen LogP) is 5.11. The molecular formula is C28H34N8O2. The quantitative estimate of drug-likeness (QED) is 0.205. The zero-order chi connectivity index (χ0) is 26.9. The van der Waals surface area contributed by atoms with Crippen molar-refractivity contribution >= 4 is 40.2 Å². The number of carbonyl (C=O) groups is 2. The first-order chi connectivity index (χ1) is 18.4. The fraction of sp³-hybridized carbons (Fsp3) is 0.321. The maximum Gasteiger partial charge on any atom is 0.323 e. The molecule has 10 nitrogen and oxygen atoms in total. The molecule has 0 aliphatic rings. The van der Waals surface area contributed by atoms with E-state index in [-0.39, 0.29) is 11.9 Å². The van der Waals surface area contributed by atoms with Gasteiger partial charge in [-0.1, -0.05) is 43.5 Å². The number of carbonyl (C=O) groups excluding carboxylic acids is 2. The molecule has 10 heteroatoms. The van der Waals surface area contributed by atoms with Crippen molar-refractivity contribution in [2.45, 2.75) is 52.0 Å². The molecule has 0 unspecified atom stereocenters. The number of nitrogens with one attached hydrogen (secondary N) is 3. The van der Waals surface area contributed by atoms with Crippen LogP contribution in [0.5, 0.6) is 0 Å². The van der Waals surface area contributed by atoms with E-state index in [0.29, 0.717) is 35.8 Å². The number of nitrogens with zero attached hydrogens (tertiary/aromatic N) is 4. The average Bonchev–Trinajstić information content (AvgIpc) is 3.28. The van der Waals surface area contributed by atoms with E-state index in [4.69, 9.17) is 10.8 Å². The number of urea groups is 1. The summed E-state index contributed by atoms with van der Waals surface area (Å²) in [7, 11) is 1.67. The maximum absolute atomic E-state index is 12.4. The minimum absolute atomic E-state index is 0.0900. The minimum Gasteiger partial charge on any atom is -0.383 e. The first kappa shape index (κ1) is 26.6. The third-order valence-electron chi connectivity index (χ3n) is 6.30. The molecule has 4 rings (SSSR count). The third kappa shape index (κ3) is 6.84. The van der Waals surface area contributed by atoms with Crippen LogP contribution in [-0.4, -0.2) is 38.7 Å². The van der Waals surface area contributed by atoms with Gasteiger partial charge in [0.1, 0.15) is 17.8 Å². The molecule has 5 N–H and O–H groups in total. The van der Waals surface area contributed by atoms with Gasteiger partial charge in [-0.15, -0.1) is 0 Å². The molecule has 0 radical (unpaired) electrons. The number of amides is 3. The molecular weight excluding hydrogens is 480 g/mol. The van der Waals surface area contributed by atoms with Crippen LogP contribution in [0.25, 0.3) is 22.3 Å². The number of rotatable bonds is 11. The normalized spacial score (nSPS) is 10.9. The van der Waals surface area contributed by atoms with Crippen LogP contribution in [0, 0.1) is 6.92 Å². The lowest BCUT2D eigenvalue weighted by Crippen LogP contribution is -2.19. The van der Waals surface area contributed by atoms with Crippen molar-refractivity contribution in [2.24, 2.45) is 0 Å². The molecule has 0 saturated carbocycles. The number of hydrogen-bond acceptors (Lipinski definition) is 6. The second-order valence-corrected chi connectivity index (χ2v) is 9.25. The van der Waals surface area contributed by atoms with E-state index < -0.39 is 0 Å². The summed E-state index contributed by atoms with van der Waals surface area (Å²) in [5, 5.41) is 13.9. The Balaban J connectivity index is 1.40. The summed E-state index contributed by atoms with van der Waals surface area (Å²) in [5.74, 6) is 0.470. The molecule has 0 spiro atoms. The second-order valence-electron chi connectivity index (χ2n) is 9.25. The SMILES string of the molecule is CNC(=O)CCCCCCCn1nc(-c2ccc(NC(=O)Nc3cccc(C)c3)cc2)c2c(N)ncnc21. The fourth-order valence-corrected chi connectivity index (χ4v) is 4.32. The van der Waals surface area contributed by atoms with Crippen LogP contribution in [-0.2, 0) is 11.3 Å². The van der Waals surface area contributed by atoms with E-state index >= 15 is 0 Å². The number of nitrogens with two attached hydrogens (primary N) is 1. The highest BCUT2D eigenvalue weighted by Crippen LogP contribution is 2.31. The summed E-state index contributed by atoms with van der Waals surface area (Å²) in [4.78, 5) is 32.4. The van der Waals surface area contributed by atoms with Crippen LogP contribution < -0.4 is 21.7 Å². The smallest absolute Gasteiger partial charge is 0.323 e. The van der Waals surface area contributed by atoms with Gasteiger partial charge in [0.25, 0.3) is 0 Å². The monoisotopic (exact) mass is 514 g/mol. The molecule has 2 aromatic heterocycles. The topological polar surface area (TPSA) is 140 Å². The van der Waals surface area contributed by atoms with Crippen LogP contribution in [0.4, 0.5) is 22.0 Å². The maximum atomic E-state index is 12.4. The molecule has 0 saturated heterocycles. The molecule has 0 atom stereocenters. The Hall–Kier alpha value is -4.47. The predicted molar refractivity (Wildman–Crippen MR) is 151 cm³/mol. The molecule has 0 bridgehead atoms. The summed E-state index contributed by atoms with van der Waals surface area (Å²) < 4.78 is 1.88. The summed E-state index contributed by atoms with van der Waals surface area (Å²) in [5.41, 5.74) is 11.0. The Bertz CT molecular complexity index is 1400. The molecule has 0 aliphatic heterocycles. The first-order valence-corrected chi connectivity index (χ1v) is 12.9. The van der Waals surface area contributed by atoms with E-state index in [1.165, 1.54) is 6.33 Å². The van der Waals surface area contributed by atoms with Crippen LogP contribution >= 0.6 is 0 Å². The van der Waals surface area contributed by atoms with Gasteiger partial charge in [0, 0.05) is 37.0 Å². The molecule has 0 aliphatic carbocycles. The van der Waals surface area contributed by atoms with E-state index in [0.717, 1.165) is 54.3 Å². The van der Waals surface area contributed by atoms with Gasteiger partial charge < -0.3 is 21.7 Å². The van der Waals surface area contributed by atoms with Crippen molar-refractivity contribution in [3.63, 3.8) is 0 Å². The van der Waals surface area contributed by atoms with Crippen molar-refractivity contribution in [2.75, 3.05) is 23.4 Å². The molecule has 4 aromatic rings. The van der Waals surface area contributed by atoms with Crippen molar-refractivity contribution in [1.29, 1.82) is 0 Å². The largest absolute Gasteiger partial charge is 0.383 e. The van der Waals surface area contributed by atoms with Gasteiger partial charge in [-0.2, -0.15) is 5.10 Å². The standard InChI is InChI=1S/C28H34N8O2/c1-19-9-8-10-22(17-19)34-28(38)33-21-14-12-20(13-15-21)25-24-26(29)31-18-32-27(24)36(35-25)16-7-5-3-4-6-11-23(37)30-2/h8-10,12-15,17-18H,3-7,11,16H2,1-2H3,(H,30,37)(H2,29,31,32)(H2,33,34,38). The van der Waals surface area contributed by atoms with Gasteiger partial charge >= 0.3 is 6.03 Å². The molecule has 0 fully saturated rings. The Morgan fingerprint density at radius 1 is 0.921 bits per heavy atom. The van der Waals surface area contributed by atoms with E-state index in [2.05, 4.69) is 25.9 Å². The highest BCUT2D eigenvalue weighted by molar-refractivity contribution is 6.01. The van der Waals surface area contributed by atoms with Gasteiger partial charge in [0.2, 0.25) is 5.91 Å². The number of benzene rings is 2. The third-order valence-corrected chi connectivity index (χ3v) is 6.30. The lowest BCUT2D eigenvalue weighted by Gasteiger charge is -2.09. The Kier molecular flexibility index (Phi) is 8.86. The fourth-order valence-electron chi connectivity index (χ4n) is 4.32. The molecule has 198 valence electrons. The summed E-state index contributed by atoms with van der Waals surface area (Å²) in [6.45, 7) is 2.68. The summed E-state index contributed by atoms with van der Waals surface area (Å²) in [6, 6.07) is 14.8. The number of aryl methyl sites for hydroxylation is 2. The van der Waals surface area contributed by atoms with Gasteiger partial charge in [-0.3, -0.25) is 4.79 Å². The Labute approximate surface area is 222 Å². The second kappa shape index (κ2) is 12.7. The van der Waals surface area contributed by atoms with Crippen molar-refractivity contribution in [3.8, 4) is 11.3 Å². The Morgan fingerprint density at radius 2 is 1.66 bits per heavy atom. The van der Waals surface area contributed by atoms with Crippen molar-refractivity contribution in [1.82, 2.24) is 25.1 Å². The van der Waals surface area contributed by atoms with E-state index in [9.17, 15) is 9.59 Å². The van der Waals surface area contributed by atoms with E-state index in [1.807, 2.05) is 60.1 Å². The lowest BCUT2D eigenvalue weighted by atomic mass is 10.1. The van der Waals surface area contributed by atoms with Gasteiger partial charge in [-0.25, -0.2) is 19.4 Å². The van der Waals surface area contributed by atoms with E-state index in [1.54, 1.807) is 7.05 Å². The molecule has 3 amide bonds. The van der Waals surface area contributed by atoms with Crippen LogP contribution in [0.2, 0.25) is 0 Å². The zero-order valence-electron chi connectivity index (χ0n) is 21.8. The number of anilines is 3. The van der Waals surface area contributed by atoms with Crippen LogP contribution in [0.15, 0.2) is 54.9 Å². The van der Waals surface area contributed by atoms with Crippen molar-refractivity contribution < 1.29 is 9.59 Å². The van der Waals surface area contributed by atoms with Crippen LogP contribution in [0.3, 0.4) is 0 Å². The number of fused-ring (bicyclic) bond motifs is 1. The molecule has 2 aromatic carbocycles. The first-order valence-electron chi connectivity index (χ1n) is 12.9. The van der Waals surface area contributed by atoms with Crippen molar-refractivity contribution in [3.05, 3.63) is 60.4 Å². The highest BCUT2D eigenvalue weighted by Gasteiger charge is 2.17. The number of aromatic nitrogens is 4. The number of hydrogen-bond donors (Lipinski definition) is 4. The average molecular weight is 515 g/mol. The number of nitrogen functional groups attached to an aromatic ring is 1.